The van der Waals surface area contributed by atoms with Crippen molar-refractivity contribution in [3.8, 4) is 0 Å². The average Bonchev–Trinajstić information content (AvgIpc) is 3.05. The fourth-order valence-electron chi connectivity index (χ4n) is 1.85. The van der Waals surface area contributed by atoms with Crippen LogP contribution in [0.5, 0.6) is 0 Å². The lowest BCUT2D eigenvalue weighted by Crippen LogP contribution is -2.35. The van der Waals surface area contributed by atoms with E-state index >= 15 is 0 Å². The maximum Gasteiger partial charge on any atom is 0.338 e. The van der Waals surface area contributed by atoms with Gasteiger partial charge in [0.15, 0.2) is 15.9 Å². The molecule has 2 aromatic rings. The molecule has 0 aliphatic carbocycles. The van der Waals surface area contributed by atoms with Gasteiger partial charge < -0.3 is 14.5 Å². The molecular formula is C16H17NO6S. The molecule has 24 heavy (non-hydrogen) atoms. The van der Waals surface area contributed by atoms with Crippen molar-refractivity contribution in [3.63, 3.8) is 0 Å². The van der Waals surface area contributed by atoms with Gasteiger partial charge in [0.2, 0.25) is 0 Å². The van der Waals surface area contributed by atoms with Gasteiger partial charge >= 0.3 is 5.97 Å². The summed E-state index contributed by atoms with van der Waals surface area (Å²) in [4.78, 5) is 24.0. The number of furan rings is 1. The molecule has 0 radical (unpaired) electrons. The Labute approximate surface area is 139 Å². The number of carbonyl (C=O) groups is 2. The Balaban J connectivity index is 1.92. The van der Waals surface area contributed by atoms with Gasteiger partial charge in [-0.1, -0.05) is 0 Å². The zero-order valence-electron chi connectivity index (χ0n) is 13.2. The number of carbonyl (C=O) groups excluding carboxylic acids is 2. The van der Waals surface area contributed by atoms with Crippen molar-refractivity contribution in [2.24, 2.45) is 0 Å². The minimum Gasteiger partial charge on any atom is -0.467 e. The molecule has 0 aliphatic heterocycles. The van der Waals surface area contributed by atoms with Crippen LogP contribution in [0.1, 0.15) is 23.0 Å². The number of hydrogen-bond acceptors (Lipinski definition) is 6. The van der Waals surface area contributed by atoms with Gasteiger partial charge in [0.25, 0.3) is 5.91 Å². The highest BCUT2D eigenvalue weighted by atomic mass is 32.2. The molecule has 0 saturated heterocycles. The fourth-order valence-corrected chi connectivity index (χ4v) is 2.48. The van der Waals surface area contributed by atoms with E-state index in [9.17, 15) is 18.0 Å². The molecule has 0 saturated carbocycles. The first-order chi connectivity index (χ1) is 11.3. The predicted octanol–water partition coefficient (Wildman–Crippen LogP) is 1.54. The van der Waals surface area contributed by atoms with Gasteiger partial charge in [-0.15, -0.1) is 0 Å². The summed E-state index contributed by atoms with van der Waals surface area (Å²) < 4.78 is 32.9. The molecule has 1 N–H and O–H groups in total. The minimum atomic E-state index is -3.34. The molecule has 1 aromatic heterocycles. The van der Waals surface area contributed by atoms with E-state index in [2.05, 4.69) is 5.32 Å². The van der Waals surface area contributed by atoms with Gasteiger partial charge in [-0.3, -0.25) is 4.79 Å². The Bertz CT molecular complexity index is 809. The summed E-state index contributed by atoms with van der Waals surface area (Å²) in [5.74, 6) is -0.596. The molecule has 0 aliphatic rings. The number of benzene rings is 1. The van der Waals surface area contributed by atoms with Gasteiger partial charge in [0.1, 0.15) is 5.76 Å². The van der Waals surface area contributed by atoms with Crippen molar-refractivity contribution in [1.82, 2.24) is 5.32 Å². The van der Waals surface area contributed by atoms with Crippen molar-refractivity contribution in [2.45, 2.75) is 24.5 Å². The zero-order valence-corrected chi connectivity index (χ0v) is 14.0. The van der Waals surface area contributed by atoms with Crippen LogP contribution >= 0.6 is 0 Å². The maximum atomic E-state index is 12.0. The number of hydrogen-bond donors (Lipinski definition) is 1. The molecule has 0 bridgehead atoms. The van der Waals surface area contributed by atoms with Crippen molar-refractivity contribution in [3.05, 3.63) is 54.0 Å². The van der Waals surface area contributed by atoms with Crippen LogP contribution < -0.4 is 5.32 Å². The van der Waals surface area contributed by atoms with E-state index in [1.54, 1.807) is 12.1 Å². The largest absolute Gasteiger partial charge is 0.467 e. The van der Waals surface area contributed by atoms with Gasteiger partial charge in [0.05, 0.1) is 23.3 Å². The van der Waals surface area contributed by atoms with E-state index in [1.807, 2.05) is 0 Å². The lowest BCUT2D eigenvalue weighted by molar-refractivity contribution is -0.129. The van der Waals surface area contributed by atoms with Crippen LogP contribution in [0.15, 0.2) is 52.0 Å². The number of esters is 1. The highest BCUT2D eigenvalue weighted by Crippen LogP contribution is 2.12. The smallest absolute Gasteiger partial charge is 0.338 e. The Kier molecular flexibility index (Phi) is 5.40. The molecule has 8 heteroatoms. The van der Waals surface area contributed by atoms with Crippen molar-refractivity contribution >= 4 is 21.7 Å². The normalized spacial score (nSPS) is 12.4. The third kappa shape index (κ3) is 4.69. The molecule has 1 aromatic carbocycles. The first kappa shape index (κ1) is 17.7. The van der Waals surface area contributed by atoms with Gasteiger partial charge in [-0.2, -0.15) is 0 Å². The van der Waals surface area contributed by atoms with Crippen LogP contribution in [-0.4, -0.2) is 32.7 Å². The fraction of sp³-hybridized carbons (Fsp3) is 0.250. The second-order valence-corrected chi connectivity index (χ2v) is 7.16. The van der Waals surface area contributed by atoms with Crippen LogP contribution in [0.4, 0.5) is 0 Å². The summed E-state index contributed by atoms with van der Waals surface area (Å²) in [7, 11) is -3.34. The molecule has 2 rings (SSSR count). The van der Waals surface area contributed by atoms with E-state index in [0.717, 1.165) is 6.26 Å². The number of nitrogens with one attached hydrogen (secondary N) is 1. The number of ether oxygens (including phenoxy) is 1. The number of rotatable bonds is 6. The number of sulfone groups is 1. The van der Waals surface area contributed by atoms with Crippen molar-refractivity contribution in [2.75, 3.05) is 6.26 Å². The van der Waals surface area contributed by atoms with E-state index in [-0.39, 0.29) is 17.0 Å². The first-order valence-electron chi connectivity index (χ1n) is 7.08. The summed E-state index contributed by atoms with van der Waals surface area (Å²) in [6.45, 7) is 1.64. The first-order valence-corrected chi connectivity index (χ1v) is 8.97. The molecule has 1 heterocycles. The second kappa shape index (κ2) is 7.31. The third-order valence-corrected chi connectivity index (χ3v) is 4.32. The van der Waals surface area contributed by atoms with Gasteiger partial charge in [0, 0.05) is 6.26 Å². The zero-order chi connectivity index (χ0) is 17.7. The van der Waals surface area contributed by atoms with Crippen LogP contribution in [0.25, 0.3) is 0 Å². The highest BCUT2D eigenvalue weighted by Gasteiger charge is 2.19. The Morgan fingerprint density at radius 1 is 1.21 bits per heavy atom. The molecule has 1 amide bonds. The number of amides is 1. The van der Waals surface area contributed by atoms with E-state index in [0.29, 0.717) is 5.76 Å². The van der Waals surface area contributed by atoms with Crippen LogP contribution in [-0.2, 0) is 25.9 Å². The molecular weight excluding hydrogens is 334 g/mol. The lowest BCUT2D eigenvalue weighted by atomic mass is 10.2. The van der Waals surface area contributed by atoms with E-state index < -0.39 is 27.8 Å². The quantitative estimate of drug-likeness (QED) is 0.792. The monoisotopic (exact) mass is 351 g/mol. The molecule has 128 valence electrons. The molecule has 7 nitrogen and oxygen atoms in total. The molecule has 0 unspecified atom stereocenters. The van der Waals surface area contributed by atoms with Crippen molar-refractivity contribution in [1.29, 1.82) is 0 Å². The highest BCUT2D eigenvalue weighted by molar-refractivity contribution is 7.90. The maximum absolute atomic E-state index is 12.0. The van der Waals surface area contributed by atoms with E-state index in [1.165, 1.54) is 37.5 Å². The topological polar surface area (TPSA) is 103 Å². The summed E-state index contributed by atoms with van der Waals surface area (Å²) in [6.07, 6.45) is 1.57. The predicted molar refractivity (Wildman–Crippen MR) is 85.0 cm³/mol. The standard InChI is InChI=1S/C16H17NO6S/c1-11(15(18)17-10-13-4-3-9-22-13)23-16(19)12-5-7-14(8-6-12)24(2,20)21/h3-9,11H,10H2,1-2H3,(H,17,18)/t11-/m0/s1. The van der Waals surface area contributed by atoms with Gasteiger partial charge in [-0.05, 0) is 43.3 Å². The van der Waals surface area contributed by atoms with Crippen LogP contribution in [0.3, 0.4) is 0 Å². The molecule has 0 fully saturated rings. The SMILES string of the molecule is C[C@H](OC(=O)c1ccc(S(C)(=O)=O)cc1)C(=O)NCc1ccco1. The second-order valence-electron chi connectivity index (χ2n) is 5.14. The molecule has 1 atom stereocenters. The average molecular weight is 351 g/mol. The molecule has 0 spiro atoms. The minimum absolute atomic E-state index is 0.100. The Morgan fingerprint density at radius 3 is 2.42 bits per heavy atom. The lowest BCUT2D eigenvalue weighted by Gasteiger charge is -2.13. The summed E-state index contributed by atoms with van der Waals surface area (Å²) in [6, 6.07) is 8.71. The summed E-state index contributed by atoms with van der Waals surface area (Å²) in [5, 5.41) is 2.58. The van der Waals surface area contributed by atoms with Crippen LogP contribution in [0, 0.1) is 0 Å². The summed E-state index contributed by atoms with van der Waals surface area (Å²) >= 11 is 0. The summed E-state index contributed by atoms with van der Waals surface area (Å²) in [5.41, 5.74) is 0.160. The van der Waals surface area contributed by atoms with Gasteiger partial charge in [-0.25, -0.2) is 13.2 Å². The Hall–Kier alpha value is -2.61. The Morgan fingerprint density at radius 2 is 1.88 bits per heavy atom. The van der Waals surface area contributed by atoms with E-state index in [4.69, 9.17) is 9.15 Å². The van der Waals surface area contributed by atoms with Crippen LogP contribution in [0.2, 0.25) is 0 Å². The third-order valence-electron chi connectivity index (χ3n) is 3.19. The van der Waals surface area contributed by atoms with Crippen molar-refractivity contribution < 1.29 is 27.2 Å².